The molecule has 2 aromatic heterocycles. The van der Waals surface area contributed by atoms with Crippen molar-refractivity contribution < 1.29 is 0 Å². The molecule has 0 unspecified atom stereocenters. The quantitative estimate of drug-likeness (QED) is 0.727. The largest absolute Gasteiger partial charge is 0.384 e. The molecule has 6 nitrogen and oxygen atoms in total. The van der Waals surface area contributed by atoms with Gasteiger partial charge >= 0.3 is 5.69 Å². The van der Waals surface area contributed by atoms with Crippen LogP contribution in [-0.2, 0) is 0 Å². The van der Waals surface area contributed by atoms with Crippen LogP contribution in [0.4, 0.5) is 5.82 Å². The molecule has 0 saturated heterocycles. The van der Waals surface area contributed by atoms with Crippen molar-refractivity contribution in [2.45, 2.75) is 6.92 Å². The van der Waals surface area contributed by atoms with E-state index >= 15 is 0 Å². The SMILES string of the molecule is Cc1ncc(C#N)c2c(N)n(-c3ccccc3)c(=O)nc12. The molecule has 0 amide bonds. The van der Waals surface area contributed by atoms with Crippen molar-refractivity contribution in [3.05, 3.63) is 58.3 Å². The molecule has 0 spiro atoms. The minimum absolute atomic E-state index is 0.193. The van der Waals surface area contributed by atoms with Crippen LogP contribution in [0.3, 0.4) is 0 Å². The van der Waals surface area contributed by atoms with Crippen LogP contribution in [0.25, 0.3) is 16.6 Å². The zero-order valence-electron chi connectivity index (χ0n) is 11.2. The summed E-state index contributed by atoms with van der Waals surface area (Å²) in [7, 11) is 0. The molecule has 0 aliphatic rings. The van der Waals surface area contributed by atoms with Gasteiger partial charge in [0.1, 0.15) is 17.4 Å². The standard InChI is InChI=1S/C15H11N5O/c1-9-13-12(10(7-16)8-18-9)14(17)20(15(21)19-13)11-5-3-2-4-6-11/h2-6,8H,17H2,1H3. The summed E-state index contributed by atoms with van der Waals surface area (Å²) in [6, 6.07) is 11.0. The van der Waals surface area contributed by atoms with Gasteiger partial charge in [0.05, 0.1) is 22.3 Å². The molecule has 0 aliphatic heterocycles. The second kappa shape index (κ2) is 4.72. The van der Waals surface area contributed by atoms with Crippen molar-refractivity contribution in [1.82, 2.24) is 14.5 Å². The van der Waals surface area contributed by atoms with Gasteiger partial charge in [0.15, 0.2) is 0 Å². The maximum atomic E-state index is 12.3. The summed E-state index contributed by atoms with van der Waals surface area (Å²) >= 11 is 0. The van der Waals surface area contributed by atoms with Crippen LogP contribution in [0.1, 0.15) is 11.3 Å². The highest BCUT2D eigenvalue weighted by Crippen LogP contribution is 2.24. The number of nitrogens with zero attached hydrogens (tertiary/aromatic N) is 4. The van der Waals surface area contributed by atoms with Gasteiger partial charge in [-0.05, 0) is 19.1 Å². The maximum Gasteiger partial charge on any atom is 0.354 e. The molecule has 0 saturated carbocycles. The Morgan fingerprint density at radius 2 is 2.00 bits per heavy atom. The third-order valence-corrected chi connectivity index (χ3v) is 3.27. The van der Waals surface area contributed by atoms with Crippen LogP contribution in [0, 0.1) is 18.3 Å². The molecule has 21 heavy (non-hydrogen) atoms. The van der Waals surface area contributed by atoms with E-state index in [0.29, 0.717) is 27.8 Å². The highest BCUT2D eigenvalue weighted by molar-refractivity contribution is 5.94. The van der Waals surface area contributed by atoms with Gasteiger partial charge in [-0.1, -0.05) is 18.2 Å². The van der Waals surface area contributed by atoms with E-state index in [9.17, 15) is 10.1 Å². The van der Waals surface area contributed by atoms with Crippen molar-refractivity contribution in [2.75, 3.05) is 5.73 Å². The van der Waals surface area contributed by atoms with Crippen molar-refractivity contribution >= 4 is 16.7 Å². The number of aryl methyl sites for hydroxylation is 1. The van der Waals surface area contributed by atoms with E-state index in [1.807, 2.05) is 12.1 Å². The molecule has 3 aromatic rings. The third kappa shape index (κ3) is 1.92. The van der Waals surface area contributed by atoms with Crippen LogP contribution in [0.5, 0.6) is 0 Å². The second-order valence-electron chi connectivity index (χ2n) is 4.54. The summed E-state index contributed by atoms with van der Waals surface area (Å²) in [5.74, 6) is 0.193. The van der Waals surface area contributed by atoms with E-state index in [1.165, 1.54) is 10.8 Å². The summed E-state index contributed by atoms with van der Waals surface area (Å²) in [5.41, 5.74) is 7.48. The molecule has 102 valence electrons. The first-order valence-corrected chi connectivity index (χ1v) is 6.27. The molecule has 0 atom stereocenters. The fourth-order valence-corrected chi connectivity index (χ4v) is 2.26. The van der Waals surface area contributed by atoms with Crippen molar-refractivity contribution in [3.63, 3.8) is 0 Å². The fraction of sp³-hybridized carbons (Fsp3) is 0.0667. The number of hydrogen-bond acceptors (Lipinski definition) is 5. The lowest BCUT2D eigenvalue weighted by Crippen LogP contribution is -2.25. The number of nitrogens with two attached hydrogens (primary N) is 1. The summed E-state index contributed by atoms with van der Waals surface area (Å²) in [6.07, 6.45) is 1.44. The van der Waals surface area contributed by atoms with Crippen LogP contribution in [0.2, 0.25) is 0 Å². The number of rotatable bonds is 1. The number of fused-ring (bicyclic) bond motifs is 1. The van der Waals surface area contributed by atoms with Gasteiger partial charge < -0.3 is 5.73 Å². The Hall–Kier alpha value is -3.20. The molecule has 0 aliphatic carbocycles. The van der Waals surface area contributed by atoms with Gasteiger partial charge in [0, 0.05) is 6.20 Å². The Balaban J connectivity index is 2.50. The van der Waals surface area contributed by atoms with E-state index in [1.54, 1.807) is 31.2 Å². The number of benzene rings is 1. The lowest BCUT2D eigenvalue weighted by molar-refractivity contribution is 0.944. The zero-order chi connectivity index (χ0) is 15.0. The summed E-state index contributed by atoms with van der Waals surface area (Å²) in [6.45, 7) is 1.72. The second-order valence-corrected chi connectivity index (χ2v) is 4.54. The Morgan fingerprint density at radius 3 is 2.67 bits per heavy atom. The first kappa shape index (κ1) is 12.8. The molecular formula is C15H11N5O. The Kier molecular flexibility index (Phi) is 2.88. The predicted molar refractivity (Wildman–Crippen MR) is 79.0 cm³/mol. The minimum atomic E-state index is -0.494. The van der Waals surface area contributed by atoms with E-state index in [2.05, 4.69) is 9.97 Å². The average molecular weight is 277 g/mol. The Labute approximate surface area is 120 Å². The molecule has 2 heterocycles. The third-order valence-electron chi connectivity index (χ3n) is 3.27. The Morgan fingerprint density at radius 1 is 1.29 bits per heavy atom. The minimum Gasteiger partial charge on any atom is -0.384 e. The van der Waals surface area contributed by atoms with Gasteiger partial charge in [-0.15, -0.1) is 0 Å². The number of aromatic nitrogens is 3. The number of anilines is 1. The van der Waals surface area contributed by atoms with Crippen molar-refractivity contribution in [3.8, 4) is 11.8 Å². The first-order chi connectivity index (χ1) is 10.1. The van der Waals surface area contributed by atoms with Crippen LogP contribution < -0.4 is 11.4 Å². The van der Waals surface area contributed by atoms with Gasteiger partial charge in [0.2, 0.25) is 0 Å². The van der Waals surface area contributed by atoms with Gasteiger partial charge in [-0.3, -0.25) is 4.98 Å². The first-order valence-electron chi connectivity index (χ1n) is 6.27. The van der Waals surface area contributed by atoms with E-state index in [-0.39, 0.29) is 5.82 Å². The monoisotopic (exact) mass is 277 g/mol. The van der Waals surface area contributed by atoms with Gasteiger partial charge in [-0.2, -0.15) is 10.2 Å². The summed E-state index contributed by atoms with van der Waals surface area (Å²) in [5, 5.41) is 9.67. The topological polar surface area (TPSA) is 97.6 Å². The molecule has 2 N–H and O–H groups in total. The number of pyridine rings is 1. The molecule has 3 rings (SSSR count). The molecule has 1 aromatic carbocycles. The molecule has 6 heteroatoms. The van der Waals surface area contributed by atoms with Crippen LogP contribution in [-0.4, -0.2) is 14.5 Å². The number of nitriles is 1. The van der Waals surface area contributed by atoms with Gasteiger partial charge in [-0.25, -0.2) is 9.36 Å². The highest BCUT2D eigenvalue weighted by Gasteiger charge is 2.15. The normalized spacial score (nSPS) is 10.5. The molecule has 0 radical (unpaired) electrons. The molecular weight excluding hydrogens is 266 g/mol. The van der Waals surface area contributed by atoms with E-state index in [4.69, 9.17) is 5.73 Å². The van der Waals surface area contributed by atoms with Crippen LogP contribution in [0.15, 0.2) is 41.3 Å². The number of nitrogen functional groups attached to an aromatic ring is 1. The van der Waals surface area contributed by atoms with Gasteiger partial charge in [0.25, 0.3) is 0 Å². The summed E-state index contributed by atoms with van der Waals surface area (Å²) < 4.78 is 1.29. The lowest BCUT2D eigenvalue weighted by atomic mass is 10.1. The lowest BCUT2D eigenvalue weighted by Gasteiger charge is -2.12. The smallest absolute Gasteiger partial charge is 0.354 e. The van der Waals surface area contributed by atoms with Crippen molar-refractivity contribution in [2.24, 2.45) is 0 Å². The highest BCUT2D eigenvalue weighted by atomic mass is 16.1. The van der Waals surface area contributed by atoms with E-state index < -0.39 is 5.69 Å². The fourth-order valence-electron chi connectivity index (χ4n) is 2.26. The predicted octanol–water partition coefficient (Wildman–Crippen LogP) is 1.54. The Bertz CT molecular complexity index is 938. The summed E-state index contributed by atoms with van der Waals surface area (Å²) in [4.78, 5) is 20.4. The number of para-hydroxylation sites is 1. The van der Waals surface area contributed by atoms with E-state index in [0.717, 1.165) is 0 Å². The average Bonchev–Trinajstić information content (AvgIpc) is 2.49. The maximum absolute atomic E-state index is 12.3. The van der Waals surface area contributed by atoms with Crippen molar-refractivity contribution in [1.29, 1.82) is 5.26 Å². The zero-order valence-corrected chi connectivity index (χ0v) is 11.2. The van der Waals surface area contributed by atoms with Crippen LogP contribution >= 0.6 is 0 Å². The molecule has 0 bridgehead atoms. The number of hydrogen-bond donors (Lipinski definition) is 1. The molecule has 0 fully saturated rings.